The summed E-state index contributed by atoms with van der Waals surface area (Å²) in [7, 11) is -0.916. The van der Waals surface area contributed by atoms with Gasteiger partial charge in [-0.1, -0.05) is 48.5 Å². The standard InChI is InChI=1S/C26H28N2O4S/c1-19-13-16-22(33(30,31)27(2)24-11-7-8-12-25(24)32-3)17-23(19)26(29)28(21-14-15-21)18-20-9-5-4-6-10-20/h4-13,16-17,21H,14-15,18H2,1-3H3. The molecule has 0 bridgehead atoms. The predicted octanol–water partition coefficient (Wildman–Crippen LogP) is 4.63. The number of sulfonamides is 1. The Balaban J connectivity index is 1.67. The van der Waals surface area contributed by atoms with E-state index >= 15 is 0 Å². The molecule has 0 unspecified atom stereocenters. The Morgan fingerprint density at radius 2 is 1.67 bits per heavy atom. The summed E-state index contributed by atoms with van der Waals surface area (Å²) in [6.07, 6.45) is 1.93. The van der Waals surface area contributed by atoms with Gasteiger partial charge in [0.2, 0.25) is 0 Å². The molecule has 0 heterocycles. The maximum Gasteiger partial charge on any atom is 0.264 e. The van der Waals surface area contributed by atoms with Crippen LogP contribution in [0.3, 0.4) is 0 Å². The molecule has 0 spiro atoms. The molecule has 3 aromatic rings. The monoisotopic (exact) mass is 464 g/mol. The lowest BCUT2D eigenvalue weighted by molar-refractivity contribution is 0.0729. The van der Waals surface area contributed by atoms with E-state index in [-0.39, 0.29) is 16.8 Å². The number of rotatable bonds is 8. The zero-order valence-corrected chi connectivity index (χ0v) is 19.9. The molecule has 1 fully saturated rings. The van der Waals surface area contributed by atoms with Gasteiger partial charge < -0.3 is 9.64 Å². The number of ether oxygens (including phenoxy) is 1. The Morgan fingerprint density at radius 1 is 1.00 bits per heavy atom. The van der Waals surface area contributed by atoms with E-state index in [0.717, 1.165) is 24.0 Å². The number of hydrogen-bond donors (Lipinski definition) is 0. The van der Waals surface area contributed by atoms with Gasteiger partial charge in [-0.2, -0.15) is 0 Å². The maximum atomic E-state index is 13.6. The first kappa shape index (κ1) is 22.9. The van der Waals surface area contributed by atoms with Gasteiger partial charge in [0.05, 0.1) is 17.7 Å². The zero-order valence-electron chi connectivity index (χ0n) is 19.1. The third kappa shape index (κ3) is 4.73. The van der Waals surface area contributed by atoms with Crippen LogP contribution < -0.4 is 9.04 Å². The van der Waals surface area contributed by atoms with Crippen LogP contribution >= 0.6 is 0 Å². The van der Waals surface area contributed by atoms with Gasteiger partial charge in [0.1, 0.15) is 5.75 Å². The Morgan fingerprint density at radius 3 is 2.33 bits per heavy atom. The number of methoxy groups -OCH3 is 1. The smallest absolute Gasteiger partial charge is 0.264 e. The molecule has 33 heavy (non-hydrogen) atoms. The molecule has 1 aliphatic rings. The number of amides is 1. The molecule has 0 atom stereocenters. The highest BCUT2D eigenvalue weighted by Crippen LogP contribution is 2.33. The van der Waals surface area contributed by atoms with Crippen LogP contribution in [-0.4, -0.2) is 39.4 Å². The van der Waals surface area contributed by atoms with E-state index in [0.29, 0.717) is 23.5 Å². The SMILES string of the molecule is COc1ccccc1N(C)S(=O)(=O)c1ccc(C)c(C(=O)N(Cc2ccccc2)C2CC2)c1. The van der Waals surface area contributed by atoms with E-state index in [1.54, 1.807) is 36.4 Å². The molecule has 4 rings (SSSR count). The van der Waals surface area contributed by atoms with E-state index in [9.17, 15) is 13.2 Å². The minimum absolute atomic E-state index is 0.0697. The average molecular weight is 465 g/mol. The Labute approximate surface area is 195 Å². The number of carbonyl (C=O) groups excluding carboxylic acids is 1. The number of nitrogens with zero attached hydrogens (tertiary/aromatic N) is 2. The number of hydrogen-bond acceptors (Lipinski definition) is 4. The summed E-state index contributed by atoms with van der Waals surface area (Å²) >= 11 is 0. The molecular formula is C26H28N2O4S. The molecule has 1 aliphatic carbocycles. The van der Waals surface area contributed by atoms with Crippen molar-refractivity contribution in [3.8, 4) is 5.75 Å². The zero-order chi connectivity index (χ0) is 23.6. The van der Waals surface area contributed by atoms with Crippen molar-refractivity contribution in [1.82, 2.24) is 4.90 Å². The van der Waals surface area contributed by atoms with E-state index in [4.69, 9.17) is 4.74 Å². The van der Waals surface area contributed by atoms with Crippen LogP contribution in [-0.2, 0) is 16.6 Å². The van der Waals surface area contributed by atoms with Gasteiger partial charge in [0.25, 0.3) is 15.9 Å². The van der Waals surface area contributed by atoms with Gasteiger partial charge in [-0.3, -0.25) is 9.10 Å². The molecule has 0 N–H and O–H groups in total. The summed E-state index contributed by atoms with van der Waals surface area (Å²) in [5, 5.41) is 0. The number of para-hydroxylation sites is 2. The molecule has 1 saturated carbocycles. The van der Waals surface area contributed by atoms with Gasteiger partial charge in [0.15, 0.2) is 0 Å². The topological polar surface area (TPSA) is 66.9 Å². The maximum absolute atomic E-state index is 13.6. The summed E-state index contributed by atoms with van der Waals surface area (Å²) in [6.45, 7) is 2.34. The van der Waals surface area contributed by atoms with Crippen LogP contribution in [0.5, 0.6) is 5.75 Å². The Bertz CT molecular complexity index is 1250. The van der Waals surface area contributed by atoms with Crippen LogP contribution in [0.15, 0.2) is 77.7 Å². The summed E-state index contributed by atoms with van der Waals surface area (Å²) in [4.78, 5) is 15.5. The van der Waals surface area contributed by atoms with Crippen molar-refractivity contribution >= 4 is 21.6 Å². The highest BCUT2D eigenvalue weighted by molar-refractivity contribution is 7.92. The fourth-order valence-corrected chi connectivity index (χ4v) is 5.09. The summed E-state index contributed by atoms with van der Waals surface area (Å²) < 4.78 is 33.4. The molecule has 7 heteroatoms. The van der Waals surface area contributed by atoms with Crippen molar-refractivity contribution in [3.05, 3.63) is 89.5 Å². The van der Waals surface area contributed by atoms with Crippen molar-refractivity contribution in [2.24, 2.45) is 0 Å². The molecule has 3 aromatic carbocycles. The van der Waals surface area contributed by atoms with Crippen LogP contribution in [0.2, 0.25) is 0 Å². The van der Waals surface area contributed by atoms with Crippen LogP contribution in [0.4, 0.5) is 5.69 Å². The van der Waals surface area contributed by atoms with E-state index in [1.807, 2.05) is 42.2 Å². The van der Waals surface area contributed by atoms with Crippen LogP contribution in [0, 0.1) is 6.92 Å². The lowest BCUT2D eigenvalue weighted by Gasteiger charge is -2.25. The number of benzene rings is 3. The van der Waals surface area contributed by atoms with E-state index in [1.165, 1.54) is 24.5 Å². The third-order valence-corrected chi connectivity index (χ3v) is 7.73. The fourth-order valence-electron chi connectivity index (χ4n) is 3.86. The molecule has 172 valence electrons. The highest BCUT2D eigenvalue weighted by Gasteiger charge is 2.34. The van der Waals surface area contributed by atoms with Crippen molar-refractivity contribution < 1.29 is 17.9 Å². The van der Waals surface area contributed by atoms with Crippen molar-refractivity contribution in [2.75, 3.05) is 18.5 Å². The van der Waals surface area contributed by atoms with Crippen LogP contribution in [0.25, 0.3) is 0 Å². The first-order valence-electron chi connectivity index (χ1n) is 10.9. The summed E-state index contributed by atoms with van der Waals surface area (Å²) in [6, 6.07) is 21.7. The quantitative estimate of drug-likeness (QED) is 0.487. The lowest BCUT2D eigenvalue weighted by atomic mass is 10.1. The number of carbonyl (C=O) groups is 1. The minimum atomic E-state index is -3.90. The van der Waals surface area contributed by atoms with Crippen molar-refractivity contribution in [3.63, 3.8) is 0 Å². The predicted molar refractivity (Wildman–Crippen MR) is 129 cm³/mol. The highest BCUT2D eigenvalue weighted by atomic mass is 32.2. The molecule has 0 aromatic heterocycles. The van der Waals surface area contributed by atoms with E-state index in [2.05, 4.69) is 0 Å². The molecule has 6 nitrogen and oxygen atoms in total. The third-order valence-electron chi connectivity index (χ3n) is 5.97. The molecule has 0 aliphatic heterocycles. The number of anilines is 1. The number of aryl methyl sites for hydroxylation is 1. The average Bonchev–Trinajstić information content (AvgIpc) is 3.67. The Kier molecular flexibility index (Phi) is 6.42. The van der Waals surface area contributed by atoms with Gasteiger partial charge in [-0.05, 0) is 55.2 Å². The van der Waals surface area contributed by atoms with Crippen molar-refractivity contribution in [1.29, 1.82) is 0 Å². The van der Waals surface area contributed by atoms with Gasteiger partial charge in [-0.25, -0.2) is 8.42 Å². The molecular weight excluding hydrogens is 436 g/mol. The van der Waals surface area contributed by atoms with Crippen molar-refractivity contribution in [2.45, 2.75) is 37.2 Å². The largest absolute Gasteiger partial charge is 0.495 e. The second-order valence-electron chi connectivity index (χ2n) is 8.27. The summed E-state index contributed by atoms with van der Waals surface area (Å²) in [5.74, 6) is 0.311. The van der Waals surface area contributed by atoms with E-state index < -0.39 is 10.0 Å². The van der Waals surface area contributed by atoms with Crippen LogP contribution in [0.1, 0.15) is 34.3 Å². The first-order chi connectivity index (χ1) is 15.8. The van der Waals surface area contributed by atoms with Gasteiger partial charge in [0, 0.05) is 25.2 Å². The second-order valence-corrected chi connectivity index (χ2v) is 10.2. The molecule has 0 radical (unpaired) electrons. The molecule has 1 amide bonds. The normalized spacial score (nSPS) is 13.4. The van der Waals surface area contributed by atoms with Gasteiger partial charge >= 0.3 is 0 Å². The fraction of sp³-hybridized carbons (Fsp3) is 0.269. The molecule has 0 saturated heterocycles. The van der Waals surface area contributed by atoms with Gasteiger partial charge in [-0.15, -0.1) is 0 Å². The minimum Gasteiger partial charge on any atom is -0.495 e. The lowest BCUT2D eigenvalue weighted by Crippen LogP contribution is -2.33. The second kappa shape index (κ2) is 9.27. The summed E-state index contributed by atoms with van der Waals surface area (Å²) in [5.41, 5.74) is 2.64. The first-order valence-corrected chi connectivity index (χ1v) is 12.3. The Hall–Kier alpha value is -3.32.